The lowest BCUT2D eigenvalue weighted by molar-refractivity contribution is -0.149. The summed E-state index contributed by atoms with van der Waals surface area (Å²) in [5.74, 6) is -0.309. The lowest BCUT2D eigenvalue weighted by atomic mass is 10.0. The normalized spacial score (nSPS) is 21.9. The highest BCUT2D eigenvalue weighted by Crippen LogP contribution is 2.11. The van der Waals surface area contributed by atoms with Crippen molar-refractivity contribution in [1.82, 2.24) is 9.80 Å². The topological polar surface area (TPSA) is 58.8 Å². The molecule has 1 rings (SSSR count). The van der Waals surface area contributed by atoms with Gasteiger partial charge in [0, 0.05) is 38.8 Å². The summed E-state index contributed by atoms with van der Waals surface area (Å²) in [5.41, 5.74) is 5.14. The molecule has 1 saturated heterocycles. The van der Waals surface area contributed by atoms with Crippen molar-refractivity contribution in [1.29, 1.82) is 0 Å². The minimum Gasteiger partial charge on any atom is -0.465 e. The molecule has 0 saturated carbocycles. The minimum absolute atomic E-state index is 0.309. The average Bonchev–Trinajstić information content (AvgIpc) is 2.29. The van der Waals surface area contributed by atoms with Gasteiger partial charge in [-0.15, -0.1) is 0 Å². The molecule has 1 atom stereocenters. The van der Waals surface area contributed by atoms with E-state index in [0.29, 0.717) is 19.2 Å². The molecule has 1 aliphatic rings. The smallest absolute Gasteiger partial charge is 0.327 e. The van der Waals surface area contributed by atoms with Crippen LogP contribution in [0, 0.1) is 0 Å². The highest BCUT2D eigenvalue weighted by molar-refractivity contribution is 5.80. The third-order valence-corrected chi connectivity index (χ3v) is 3.43. The Hall–Kier alpha value is -0.650. The predicted molar refractivity (Wildman–Crippen MR) is 72.4 cm³/mol. The van der Waals surface area contributed by atoms with E-state index < -0.39 is 5.54 Å². The van der Waals surface area contributed by atoms with Gasteiger partial charge >= 0.3 is 5.97 Å². The highest BCUT2D eigenvalue weighted by Gasteiger charge is 2.33. The summed E-state index contributed by atoms with van der Waals surface area (Å²) in [6.07, 6.45) is 0. The van der Waals surface area contributed by atoms with E-state index >= 15 is 0 Å². The Kier molecular flexibility index (Phi) is 5.56. The molecule has 0 aromatic carbocycles. The van der Waals surface area contributed by atoms with E-state index in [0.717, 1.165) is 26.2 Å². The van der Waals surface area contributed by atoms with Gasteiger partial charge in [-0.1, -0.05) is 0 Å². The molecule has 5 nitrogen and oxygen atoms in total. The Morgan fingerprint density at radius 3 is 2.33 bits per heavy atom. The van der Waals surface area contributed by atoms with Crippen molar-refractivity contribution in [3.05, 3.63) is 0 Å². The van der Waals surface area contributed by atoms with Crippen molar-refractivity contribution >= 4 is 5.97 Å². The van der Waals surface area contributed by atoms with Crippen LogP contribution in [-0.4, -0.2) is 66.7 Å². The van der Waals surface area contributed by atoms with Crippen LogP contribution in [0.15, 0.2) is 0 Å². The van der Waals surface area contributed by atoms with Crippen LogP contribution in [0.5, 0.6) is 0 Å². The van der Waals surface area contributed by atoms with E-state index in [1.807, 2.05) is 0 Å². The molecule has 0 amide bonds. The zero-order valence-corrected chi connectivity index (χ0v) is 12.1. The lowest BCUT2D eigenvalue weighted by Crippen LogP contribution is -2.58. The first-order chi connectivity index (χ1) is 8.36. The van der Waals surface area contributed by atoms with Gasteiger partial charge in [-0.2, -0.15) is 0 Å². The summed E-state index contributed by atoms with van der Waals surface area (Å²) in [6.45, 7) is 12.9. The fraction of sp³-hybridized carbons (Fsp3) is 0.923. The van der Waals surface area contributed by atoms with Gasteiger partial charge in [-0.25, -0.2) is 0 Å². The standard InChI is InChI=1S/C13H27N3O2/c1-5-18-12(17)13(4,14)10-15-6-8-16(9-7-15)11(2)3/h11H,5-10,14H2,1-4H3. The van der Waals surface area contributed by atoms with E-state index in [9.17, 15) is 4.79 Å². The summed E-state index contributed by atoms with van der Waals surface area (Å²) in [4.78, 5) is 16.4. The van der Waals surface area contributed by atoms with Crippen LogP contribution in [0.25, 0.3) is 0 Å². The third-order valence-electron chi connectivity index (χ3n) is 3.43. The number of carbonyl (C=O) groups is 1. The zero-order chi connectivity index (χ0) is 13.8. The van der Waals surface area contributed by atoms with Crippen molar-refractivity contribution in [2.45, 2.75) is 39.3 Å². The van der Waals surface area contributed by atoms with Crippen molar-refractivity contribution < 1.29 is 9.53 Å². The van der Waals surface area contributed by atoms with Gasteiger partial charge in [0.25, 0.3) is 0 Å². The van der Waals surface area contributed by atoms with Gasteiger partial charge in [0.15, 0.2) is 0 Å². The number of nitrogens with two attached hydrogens (primary N) is 1. The number of nitrogens with zero attached hydrogens (tertiary/aromatic N) is 2. The average molecular weight is 257 g/mol. The third kappa shape index (κ3) is 4.23. The van der Waals surface area contributed by atoms with E-state index in [1.165, 1.54) is 0 Å². The molecule has 1 aliphatic heterocycles. The number of esters is 1. The van der Waals surface area contributed by atoms with Gasteiger partial charge in [-0.05, 0) is 27.7 Å². The molecule has 18 heavy (non-hydrogen) atoms. The van der Waals surface area contributed by atoms with Crippen molar-refractivity contribution in [3.8, 4) is 0 Å². The van der Waals surface area contributed by atoms with Gasteiger partial charge in [0.05, 0.1) is 6.61 Å². The molecule has 5 heteroatoms. The largest absolute Gasteiger partial charge is 0.465 e. The van der Waals surface area contributed by atoms with Crippen LogP contribution in [0.1, 0.15) is 27.7 Å². The Balaban J connectivity index is 2.42. The molecular weight excluding hydrogens is 230 g/mol. The van der Waals surface area contributed by atoms with Crippen LogP contribution < -0.4 is 5.73 Å². The van der Waals surface area contributed by atoms with Crippen LogP contribution in [0.3, 0.4) is 0 Å². The first-order valence-corrected chi connectivity index (χ1v) is 6.79. The molecule has 0 aromatic heterocycles. The molecule has 0 aliphatic carbocycles. The molecule has 0 aromatic rings. The zero-order valence-electron chi connectivity index (χ0n) is 12.1. The summed E-state index contributed by atoms with van der Waals surface area (Å²) in [6, 6.07) is 0.585. The van der Waals surface area contributed by atoms with Gasteiger partial charge in [-0.3, -0.25) is 14.6 Å². The fourth-order valence-electron chi connectivity index (χ4n) is 2.26. The Labute approximate surface area is 110 Å². The second-order valence-electron chi connectivity index (χ2n) is 5.54. The van der Waals surface area contributed by atoms with E-state index in [2.05, 4.69) is 23.6 Å². The van der Waals surface area contributed by atoms with E-state index in [-0.39, 0.29) is 5.97 Å². The van der Waals surface area contributed by atoms with E-state index in [1.54, 1.807) is 13.8 Å². The molecule has 1 heterocycles. The Bertz CT molecular complexity index is 271. The number of hydrogen-bond acceptors (Lipinski definition) is 5. The SMILES string of the molecule is CCOC(=O)C(C)(N)CN1CCN(C(C)C)CC1. The maximum atomic E-state index is 11.7. The maximum Gasteiger partial charge on any atom is 0.327 e. The predicted octanol–water partition coefficient (Wildman–Crippen LogP) is 0.293. The summed E-state index contributed by atoms with van der Waals surface area (Å²) >= 11 is 0. The molecular formula is C13H27N3O2. The Morgan fingerprint density at radius 2 is 1.89 bits per heavy atom. The summed E-state index contributed by atoms with van der Waals surface area (Å²) < 4.78 is 5.01. The molecule has 0 bridgehead atoms. The van der Waals surface area contributed by atoms with E-state index in [4.69, 9.17) is 10.5 Å². The monoisotopic (exact) mass is 257 g/mol. The van der Waals surface area contributed by atoms with Crippen LogP contribution >= 0.6 is 0 Å². The number of piperazine rings is 1. The molecule has 0 radical (unpaired) electrons. The fourth-order valence-corrected chi connectivity index (χ4v) is 2.26. The minimum atomic E-state index is -0.907. The van der Waals surface area contributed by atoms with Crippen LogP contribution in [0.4, 0.5) is 0 Å². The molecule has 2 N–H and O–H groups in total. The number of hydrogen-bond donors (Lipinski definition) is 1. The summed E-state index contributed by atoms with van der Waals surface area (Å²) in [7, 11) is 0. The lowest BCUT2D eigenvalue weighted by Gasteiger charge is -2.39. The first kappa shape index (κ1) is 15.4. The second kappa shape index (κ2) is 6.50. The van der Waals surface area contributed by atoms with Gasteiger partial charge in [0.1, 0.15) is 5.54 Å². The van der Waals surface area contributed by atoms with Gasteiger partial charge in [0.2, 0.25) is 0 Å². The first-order valence-electron chi connectivity index (χ1n) is 6.79. The maximum absolute atomic E-state index is 11.7. The quantitative estimate of drug-likeness (QED) is 0.718. The number of carbonyl (C=O) groups excluding carboxylic acids is 1. The number of ether oxygens (including phenoxy) is 1. The van der Waals surface area contributed by atoms with Crippen molar-refractivity contribution in [3.63, 3.8) is 0 Å². The molecule has 0 spiro atoms. The van der Waals surface area contributed by atoms with Crippen LogP contribution in [0.2, 0.25) is 0 Å². The van der Waals surface area contributed by atoms with Gasteiger partial charge < -0.3 is 10.5 Å². The highest BCUT2D eigenvalue weighted by atomic mass is 16.5. The number of rotatable bonds is 5. The second-order valence-corrected chi connectivity index (χ2v) is 5.54. The Morgan fingerprint density at radius 1 is 1.33 bits per heavy atom. The van der Waals surface area contributed by atoms with Crippen LogP contribution in [-0.2, 0) is 9.53 Å². The summed E-state index contributed by atoms with van der Waals surface area (Å²) in [5, 5.41) is 0. The van der Waals surface area contributed by atoms with Crippen molar-refractivity contribution in [2.75, 3.05) is 39.3 Å². The van der Waals surface area contributed by atoms with Crippen molar-refractivity contribution in [2.24, 2.45) is 5.73 Å². The molecule has 1 unspecified atom stereocenters. The molecule has 106 valence electrons. The molecule has 1 fully saturated rings.